The van der Waals surface area contributed by atoms with E-state index in [1.807, 2.05) is 0 Å². The van der Waals surface area contributed by atoms with Crippen LogP contribution >= 0.6 is 0 Å². The molecule has 0 atom stereocenters. The number of hydrogen-bond donors (Lipinski definition) is 0. The van der Waals surface area contributed by atoms with Gasteiger partial charge in [0.15, 0.2) is 11.6 Å². The number of halogens is 1. The lowest BCUT2D eigenvalue weighted by Gasteiger charge is -2.00. The third kappa shape index (κ3) is 1.85. The molecule has 2 rings (SSSR count). The molecule has 2 aromatic heterocycles. The van der Waals surface area contributed by atoms with Gasteiger partial charge in [-0.15, -0.1) is 0 Å². The Labute approximate surface area is 84.8 Å². The van der Waals surface area contributed by atoms with E-state index >= 15 is 0 Å². The third-order valence-corrected chi connectivity index (χ3v) is 1.86. The molecule has 0 saturated heterocycles. The third-order valence-electron chi connectivity index (χ3n) is 1.86. The normalized spacial score (nSPS) is 9.93. The minimum atomic E-state index is -0.640. The fourth-order valence-corrected chi connectivity index (χ4v) is 1.14. The zero-order valence-corrected chi connectivity index (χ0v) is 7.59. The van der Waals surface area contributed by atoms with Crippen molar-refractivity contribution in [1.82, 2.24) is 15.2 Å². The van der Waals surface area contributed by atoms with Crippen molar-refractivity contribution in [1.29, 1.82) is 0 Å². The van der Waals surface area contributed by atoms with Gasteiger partial charge in [-0.1, -0.05) is 0 Å². The molecule has 0 fully saturated rings. The lowest BCUT2D eigenvalue weighted by molar-refractivity contribution is 0.103. The van der Waals surface area contributed by atoms with Gasteiger partial charge in [-0.25, -0.2) is 4.39 Å². The molecule has 0 bridgehead atoms. The minimum Gasteiger partial charge on any atom is -0.288 e. The van der Waals surface area contributed by atoms with Crippen LogP contribution in [-0.2, 0) is 0 Å². The van der Waals surface area contributed by atoms with Crippen LogP contribution in [0, 0.1) is 5.82 Å². The zero-order chi connectivity index (χ0) is 10.7. The van der Waals surface area contributed by atoms with Gasteiger partial charge in [0.1, 0.15) is 0 Å². The predicted octanol–water partition coefficient (Wildman–Crippen LogP) is 1.24. The number of carbonyl (C=O) groups excluding carboxylic acids is 1. The first-order valence-electron chi connectivity index (χ1n) is 4.20. The summed E-state index contributed by atoms with van der Waals surface area (Å²) in [5, 5.41) is 7.09. The molecule has 74 valence electrons. The van der Waals surface area contributed by atoms with Crippen molar-refractivity contribution in [2.45, 2.75) is 0 Å². The van der Waals surface area contributed by atoms with Crippen LogP contribution in [0.4, 0.5) is 4.39 Å². The molecule has 2 heterocycles. The summed E-state index contributed by atoms with van der Waals surface area (Å²) in [5.41, 5.74) is 0.285. The standard InChI is InChI=1S/C10H6FN3O/c11-9-6-12-3-2-8(9)10(15)7-1-4-13-14-5-7/h1-6H. The molecular formula is C10H6FN3O. The Hall–Kier alpha value is -2.17. The maximum atomic E-state index is 13.2. The van der Waals surface area contributed by atoms with E-state index in [-0.39, 0.29) is 5.56 Å². The highest BCUT2D eigenvalue weighted by Gasteiger charge is 2.13. The lowest BCUT2D eigenvalue weighted by Crippen LogP contribution is -2.05. The van der Waals surface area contributed by atoms with Crippen molar-refractivity contribution in [2.24, 2.45) is 0 Å². The highest BCUT2D eigenvalue weighted by atomic mass is 19.1. The van der Waals surface area contributed by atoms with Gasteiger partial charge >= 0.3 is 0 Å². The fourth-order valence-electron chi connectivity index (χ4n) is 1.14. The van der Waals surface area contributed by atoms with E-state index in [4.69, 9.17) is 0 Å². The van der Waals surface area contributed by atoms with Crippen LogP contribution in [0.3, 0.4) is 0 Å². The summed E-state index contributed by atoms with van der Waals surface area (Å²) in [4.78, 5) is 15.3. The minimum absolute atomic E-state index is 0.0157. The SMILES string of the molecule is O=C(c1ccnnc1)c1ccncc1F. The Morgan fingerprint density at radius 2 is 2.00 bits per heavy atom. The molecule has 15 heavy (non-hydrogen) atoms. The van der Waals surface area contributed by atoms with E-state index in [9.17, 15) is 9.18 Å². The molecule has 0 saturated carbocycles. The first-order valence-corrected chi connectivity index (χ1v) is 4.20. The second-order valence-electron chi connectivity index (χ2n) is 2.82. The van der Waals surface area contributed by atoms with Gasteiger partial charge in [-0.05, 0) is 12.1 Å². The van der Waals surface area contributed by atoms with Crippen LogP contribution < -0.4 is 0 Å². The van der Waals surface area contributed by atoms with Gasteiger partial charge in [0.2, 0.25) is 0 Å². The van der Waals surface area contributed by atoms with E-state index in [0.29, 0.717) is 5.56 Å². The smallest absolute Gasteiger partial charge is 0.197 e. The van der Waals surface area contributed by atoms with E-state index in [2.05, 4.69) is 15.2 Å². The van der Waals surface area contributed by atoms with Crippen molar-refractivity contribution < 1.29 is 9.18 Å². The van der Waals surface area contributed by atoms with Gasteiger partial charge < -0.3 is 0 Å². The largest absolute Gasteiger partial charge is 0.288 e. The number of ketones is 1. The number of rotatable bonds is 2. The number of hydrogen-bond acceptors (Lipinski definition) is 4. The summed E-state index contributed by atoms with van der Waals surface area (Å²) < 4.78 is 13.2. The summed E-state index contributed by atoms with van der Waals surface area (Å²) >= 11 is 0. The molecule has 0 radical (unpaired) electrons. The average molecular weight is 203 g/mol. The first-order chi connectivity index (χ1) is 7.29. The summed E-state index contributed by atoms with van der Waals surface area (Å²) in [6.45, 7) is 0. The van der Waals surface area contributed by atoms with Crippen LogP contribution in [0.2, 0.25) is 0 Å². The van der Waals surface area contributed by atoms with E-state index in [1.165, 1.54) is 30.7 Å². The molecule has 0 N–H and O–H groups in total. The van der Waals surface area contributed by atoms with Crippen LogP contribution in [0.5, 0.6) is 0 Å². The van der Waals surface area contributed by atoms with E-state index in [1.54, 1.807) is 0 Å². The van der Waals surface area contributed by atoms with Crippen molar-refractivity contribution in [3.63, 3.8) is 0 Å². The number of aromatic nitrogens is 3. The molecule has 0 aromatic carbocycles. The van der Waals surface area contributed by atoms with Crippen molar-refractivity contribution in [2.75, 3.05) is 0 Å². The van der Waals surface area contributed by atoms with Gasteiger partial charge in [-0.2, -0.15) is 10.2 Å². The monoisotopic (exact) mass is 203 g/mol. The van der Waals surface area contributed by atoms with Crippen LogP contribution in [-0.4, -0.2) is 21.0 Å². The van der Waals surface area contributed by atoms with Crippen LogP contribution in [0.1, 0.15) is 15.9 Å². The van der Waals surface area contributed by atoms with Gasteiger partial charge in [0, 0.05) is 11.8 Å². The van der Waals surface area contributed by atoms with Crippen LogP contribution in [0.25, 0.3) is 0 Å². The van der Waals surface area contributed by atoms with Crippen LogP contribution in [0.15, 0.2) is 36.9 Å². The number of nitrogens with zero attached hydrogens (tertiary/aromatic N) is 3. The Balaban J connectivity index is 2.42. The van der Waals surface area contributed by atoms with Gasteiger partial charge in [0.25, 0.3) is 0 Å². The molecule has 2 aromatic rings. The lowest BCUT2D eigenvalue weighted by atomic mass is 10.1. The van der Waals surface area contributed by atoms with E-state index in [0.717, 1.165) is 6.20 Å². The van der Waals surface area contributed by atoms with E-state index < -0.39 is 11.6 Å². The van der Waals surface area contributed by atoms with Crippen molar-refractivity contribution in [3.8, 4) is 0 Å². The Bertz CT molecular complexity index is 487. The maximum Gasteiger partial charge on any atom is 0.197 e. The first kappa shape index (κ1) is 9.39. The number of pyridine rings is 1. The van der Waals surface area contributed by atoms with Gasteiger partial charge in [0.05, 0.1) is 24.2 Å². The Kier molecular flexibility index (Phi) is 2.45. The second-order valence-corrected chi connectivity index (χ2v) is 2.82. The topological polar surface area (TPSA) is 55.7 Å². The fraction of sp³-hybridized carbons (Fsp3) is 0. The summed E-state index contributed by atoms with van der Waals surface area (Å²) in [6.07, 6.45) is 5.04. The molecule has 0 aliphatic carbocycles. The average Bonchev–Trinajstić information content (AvgIpc) is 2.30. The molecule has 0 unspecified atom stereocenters. The van der Waals surface area contributed by atoms with Gasteiger partial charge in [-0.3, -0.25) is 9.78 Å². The molecule has 0 amide bonds. The van der Waals surface area contributed by atoms with Crippen molar-refractivity contribution >= 4 is 5.78 Å². The molecule has 0 aliphatic heterocycles. The predicted molar refractivity (Wildman–Crippen MR) is 49.7 cm³/mol. The Morgan fingerprint density at radius 3 is 2.67 bits per heavy atom. The highest BCUT2D eigenvalue weighted by molar-refractivity contribution is 6.08. The second kappa shape index (κ2) is 3.91. The summed E-state index contributed by atoms with van der Waals surface area (Å²) in [6, 6.07) is 2.81. The highest BCUT2D eigenvalue weighted by Crippen LogP contribution is 2.10. The maximum absolute atomic E-state index is 13.2. The zero-order valence-electron chi connectivity index (χ0n) is 7.59. The Morgan fingerprint density at radius 1 is 1.13 bits per heavy atom. The molecule has 0 aliphatic rings. The quantitative estimate of drug-likeness (QED) is 0.689. The molecule has 5 heteroatoms. The summed E-state index contributed by atoms with van der Waals surface area (Å²) in [7, 11) is 0. The molecule has 4 nitrogen and oxygen atoms in total. The number of carbonyl (C=O) groups is 1. The molecular weight excluding hydrogens is 197 g/mol. The van der Waals surface area contributed by atoms with Crippen molar-refractivity contribution in [3.05, 3.63) is 53.9 Å². The summed E-state index contributed by atoms with van der Waals surface area (Å²) in [5.74, 6) is -1.07. The molecule has 0 spiro atoms.